The van der Waals surface area contributed by atoms with E-state index in [-0.39, 0.29) is 18.0 Å². The number of hydrogen-bond acceptors (Lipinski definition) is 4. The molecule has 0 aromatic heterocycles. The Bertz CT molecular complexity index is 763. The van der Waals surface area contributed by atoms with Gasteiger partial charge < -0.3 is 20.3 Å². The van der Waals surface area contributed by atoms with E-state index >= 15 is 0 Å². The van der Waals surface area contributed by atoms with Gasteiger partial charge in [-0.3, -0.25) is 9.59 Å². The van der Waals surface area contributed by atoms with Crippen LogP contribution in [-0.4, -0.2) is 50.5 Å². The highest BCUT2D eigenvalue weighted by molar-refractivity contribution is 5.96. The van der Waals surface area contributed by atoms with E-state index in [0.29, 0.717) is 13.2 Å². The molecule has 0 saturated heterocycles. The van der Waals surface area contributed by atoms with Crippen LogP contribution >= 0.6 is 0 Å². The minimum absolute atomic E-state index is 0.174. The van der Waals surface area contributed by atoms with Gasteiger partial charge in [-0.15, -0.1) is 0 Å². The molecule has 0 aliphatic heterocycles. The topological polar surface area (TPSA) is 70.7 Å². The SMILES string of the molecule is CN(C)CCOc1ccc(CNC(=O)CNC(=O)c2cccc(F)c2)cc1. The molecule has 2 aromatic carbocycles. The third-order valence-electron chi connectivity index (χ3n) is 3.72. The second-order valence-electron chi connectivity index (χ2n) is 6.27. The highest BCUT2D eigenvalue weighted by Crippen LogP contribution is 2.12. The van der Waals surface area contributed by atoms with Crippen molar-refractivity contribution in [3.05, 3.63) is 65.5 Å². The fraction of sp³-hybridized carbons (Fsp3) is 0.300. The molecule has 0 unspecified atom stereocenters. The Morgan fingerprint density at radius 1 is 1.07 bits per heavy atom. The molecule has 0 atom stereocenters. The van der Waals surface area contributed by atoms with Crippen molar-refractivity contribution in [2.45, 2.75) is 6.54 Å². The summed E-state index contributed by atoms with van der Waals surface area (Å²) in [5.74, 6) is -0.550. The smallest absolute Gasteiger partial charge is 0.251 e. The zero-order valence-corrected chi connectivity index (χ0v) is 15.5. The van der Waals surface area contributed by atoms with Crippen molar-refractivity contribution in [3.63, 3.8) is 0 Å². The number of nitrogens with one attached hydrogen (secondary N) is 2. The summed E-state index contributed by atoms with van der Waals surface area (Å²) in [5, 5.41) is 5.18. The Morgan fingerprint density at radius 2 is 1.81 bits per heavy atom. The lowest BCUT2D eigenvalue weighted by molar-refractivity contribution is -0.120. The number of benzene rings is 2. The van der Waals surface area contributed by atoms with Gasteiger partial charge in [0.2, 0.25) is 5.91 Å². The van der Waals surface area contributed by atoms with E-state index in [1.165, 1.54) is 18.2 Å². The summed E-state index contributed by atoms with van der Waals surface area (Å²) in [7, 11) is 3.96. The van der Waals surface area contributed by atoms with E-state index in [9.17, 15) is 14.0 Å². The van der Waals surface area contributed by atoms with Crippen LogP contribution < -0.4 is 15.4 Å². The van der Waals surface area contributed by atoms with E-state index in [2.05, 4.69) is 10.6 Å². The van der Waals surface area contributed by atoms with E-state index in [1.54, 1.807) is 0 Å². The Kier molecular flexibility index (Phi) is 7.76. The molecule has 2 rings (SSSR count). The predicted octanol–water partition coefficient (Wildman–Crippen LogP) is 1.81. The summed E-state index contributed by atoms with van der Waals surface area (Å²) < 4.78 is 18.7. The molecular formula is C20H24FN3O3. The maximum Gasteiger partial charge on any atom is 0.251 e. The van der Waals surface area contributed by atoms with Crippen LogP contribution in [0, 0.1) is 5.82 Å². The lowest BCUT2D eigenvalue weighted by Crippen LogP contribution is -2.36. The molecule has 0 fully saturated rings. The van der Waals surface area contributed by atoms with Crippen LogP contribution in [0.15, 0.2) is 48.5 Å². The third-order valence-corrected chi connectivity index (χ3v) is 3.72. The van der Waals surface area contributed by atoms with E-state index in [0.717, 1.165) is 23.9 Å². The Morgan fingerprint density at radius 3 is 2.48 bits per heavy atom. The highest BCUT2D eigenvalue weighted by Gasteiger charge is 2.08. The highest BCUT2D eigenvalue weighted by atomic mass is 19.1. The first-order valence-corrected chi connectivity index (χ1v) is 8.61. The number of carbonyl (C=O) groups excluding carboxylic acids is 2. The molecule has 0 bridgehead atoms. The predicted molar refractivity (Wildman–Crippen MR) is 101 cm³/mol. The van der Waals surface area contributed by atoms with Crippen LogP contribution in [0.3, 0.4) is 0 Å². The van der Waals surface area contributed by atoms with Gasteiger partial charge in [0, 0.05) is 18.7 Å². The second-order valence-corrected chi connectivity index (χ2v) is 6.27. The third kappa shape index (κ3) is 7.45. The molecule has 0 aliphatic rings. The summed E-state index contributed by atoms with van der Waals surface area (Å²) in [6.07, 6.45) is 0. The molecule has 0 radical (unpaired) electrons. The number of ether oxygens (including phenoxy) is 1. The first-order chi connectivity index (χ1) is 12.9. The second kappa shape index (κ2) is 10.3. The van der Waals surface area contributed by atoms with Gasteiger partial charge in [0.05, 0.1) is 6.54 Å². The molecule has 2 N–H and O–H groups in total. The van der Waals surface area contributed by atoms with Crippen molar-refractivity contribution >= 4 is 11.8 Å². The number of nitrogens with zero attached hydrogens (tertiary/aromatic N) is 1. The van der Waals surface area contributed by atoms with Gasteiger partial charge in [-0.25, -0.2) is 4.39 Å². The van der Waals surface area contributed by atoms with Crippen molar-refractivity contribution < 1.29 is 18.7 Å². The van der Waals surface area contributed by atoms with Crippen molar-refractivity contribution in [2.24, 2.45) is 0 Å². The molecule has 6 nitrogen and oxygen atoms in total. The summed E-state index contributed by atoms with van der Waals surface area (Å²) in [4.78, 5) is 25.8. The minimum atomic E-state index is -0.499. The van der Waals surface area contributed by atoms with Gasteiger partial charge in [0.25, 0.3) is 5.91 Å². The summed E-state index contributed by atoms with van der Waals surface area (Å²) in [6.45, 7) is 1.60. The maximum absolute atomic E-state index is 13.1. The summed E-state index contributed by atoms with van der Waals surface area (Å²) in [5.41, 5.74) is 1.09. The number of hydrogen-bond donors (Lipinski definition) is 2. The first kappa shape index (κ1) is 20.4. The largest absolute Gasteiger partial charge is 0.492 e. The maximum atomic E-state index is 13.1. The lowest BCUT2D eigenvalue weighted by atomic mass is 10.2. The average Bonchev–Trinajstić information content (AvgIpc) is 2.65. The summed E-state index contributed by atoms with van der Waals surface area (Å²) in [6, 6.07) is 12.7. The molecule has 2 amide bonds. The Balaban J connectivity index is 1.71. The van der Waals surface area contributed by atoms with Gasteiger partial charge in [-0.2, -0.15) is 0 Å². The van der Waals surface area contributed by atoms with Gasteiger partial charge in [0.15, 0.2) is 0 Å². The summed E-state index contributed by atoms with van der Waals surface area (Å²) >= 11 is 0. The van der Waals surface area contributed by atoms with Crippen LogP contribution in [0.5, 0.6) is 5.75 Å². The first-order valence-electron chi connectivity index (χ1n) is 8.61. The average molecular weight is 373 g/mol. The van der Waals surface area contributed by atoms with Crippen LogP contribution in [0.2, 0.25) is 0 Å². The Hall–Kier alpha value is -2.93. The molecule has 0 saturated carbocycles. The standard InChI is InChI=1S/C20H24FN3O3/c1-24(2)10-11-27-18-8-6-15(7-9-18)13-22-19(25)14-23-20(26)16-4-3-5-17(21)12-16/h3-9,12H,10-11,13-14H2,1-2H3,(H,22,25)(H,23,26). The van der Waals surface area contributed by atoms with Crippen LogP contribution in [0.25, 0.3) is 0 Å². The van der Waals surface area contributed by atoms with Crippen molar-refractivity contribution in [3.8, 4) is 5.75 Å². The molecule has 7 heteroatoms. The quantitative estimate of drug-likeness (QED) is 0.703. The fourth-order valence-corrected chi connectivity index (χ4v) is 2.21. The normalized spacial score (nSPS) is 10.5. The van der Waals surface area contributed by atoms with E-state index in [4.69, 9.17) is 4.74 Å². The molecule has 0 heterocycles. The van der Waals surface area contributed by atoms with Gasteiger partial charge in [-0.1, -0.05) is 18.2 Å². The van der Waals surface area contributed by atoms with Crippen molar-refractivity contribution in [2.75, 3.05) is 33.8 Å². The van der Waals surface area contributed by atoms with Gasteiger partial charge in [0.1, 0.15) is 18.2 Å². The molecule has 0 spiro atoms. The molecule has 144 valence electrons. The number of rotatable bonds is 9. The number of amides is 2. The Labute approximate surface area is 158 Å². The van der Waals surface area contributed by atoms with Crippen molar-refractivity contribution in [1.29, 1.82) is 0 Å². The van der Waals surface area contributed by atoms with Gasteiger partial charge in [-0.05, 0) is 50.0 Å². The number of carbonyl (C=O) groups is 2. The van der Waals surface area contributed by atoms with Crippen LogP contribution in [-0.2, 0) is 11.3 Å². The number of halogens is 1. The van der Waals surface area contributed by atoms with E-state index in [1.807, 2.05) is 43.3 Å². The molecule has 27 heavy (non-hydrogen) atoms. The fourth-order valence-electron chi connectivity index (χ4n) is 2.21. The van der Waals surface area contributed by atoms with Crippen molar-refractivity contribution in [1.82, 2.24) is 15.5 Å². The van der Waals surface area contributed by atoms with Crippen LogP contribution in [0.1, 0.15) is 15.9 Å². The minimum Gasteiger partial charge on any atom is -0.492 e. The van der Waals surface area contributed by atoms with E-state index < -0.39 is 11.7 Å². The molecule has 0 aliphatic carbocycles. The van der Waals surface area contributed by atoms with Gasteiger partial charge >= 0.3 is 0 Å². The molecule has 2 aromatic rings. The lowest BCUT2D eigenvalue weighted by Gasteiger charge is -2.11. The zero-order valence-electron chi connectivity index (χ0n) is 15.5. The monoisotopic (exact) mass is 373 g/mol. The molecular weight excluding hydrogens is 349 g/mol. The zero-order chi connectivity index (χ0) is 19.6. The van der Waals surface area contributed by atoms with Crippen LogP contribution in [0.4, 0.5) is 4.39 Å². The number of likely N-dealkylation sites (N-methyl/N-ethyl adjacent to an activating group) is 1.